The van der Waals surface area contributed by atoms with E-state index in [2.05, 4.69) is 6.58 Å². The van der Waals surface area contributed by atoms with E-state index in [0.717, 1.165) is 5.56 Å². The summed E-state index contributed by atoms with van der Waals surface area (Å²) in [4.78, 5) is 0.424. The highest BCUT2D eigenvalue weighted by molar-refractivity contribution is 7.89. The average molecular weight is 349 g/mol. The van der Waals surface area contributed by atoms with Gasteiger partial charge >= 0.3 is 5.38 Å². The van der Waals surface area contributed by atoms with Crippen LogP contribution in [0.5, 0.6) is 0 Å². The number of ether oxygens (including phenoxy) is 1. The SMILES string of the molecule is C=CCC/C(=C(\OCC)C(F)(F)Cl)S(=O)c1ccc(C)cc1. The molecule has 0 aliphatic carbocycles. The molecule has 1 atom stereocenters. The Bertz CT molecular complexity index is 563. The Balaban J connectivity index is 3.33. The van der Waals surface area contributed by atoms with Gasteiger partial charge in [-0.15, -0.1) is 6.58 Å². The Morgan fingerprint density at radius 1 is 1.41 bits per heavy atom. The third kappa shape index (κ3) is 5.21. The maximum Gasteiger partial charge on any atom is 0.380 e. The number of benzene rings is 1. The second kappa shape index (κ2) is 8.44. The van der Waals surface area contributed by atoms with Gasteiger partial charge in [0.05, 0.1) is 22.3 Å². The number of hydrogen-bond donors (Lipinski definition) is 0. The van der Waals surface area contributed by atoms with Crippen LogP contribution in [0.25, 0.3) is 0 Å². The largest absolute Gasteiger partial charge is 0.490 e. The molecule has 0 fully saturated rings. The maximum atomic E-state index is 13.6. The average Bonchev–Trinajstić information content (AvgIpc) is 2.46. The van der Waals surface area contributed by atoms with Crippen molar-refractivity contribution >= 4 is 22.4 Å². The van der Waals surface area contributed by atoms with E-state index in [1.165, 1.54) is 0 Å². The molecule has 0 N–H and O–H groups in total. The van der Waals surface area contributed by atoms with E-state index in [1.807, 2.05) is 6.92 Å². The third-order valence-corrected chi connectivity index (χ3v) is 4.54. The van der Waals surface area contributed by atoms with Crippen LogP contribution in [0.3, 0.4) is 0 Å². The van der Waals surface area contributed by atoms with Crippen molar-refractivity contribution in [2.24, 2.45) is 0 Å². The maximum absolute atomic E-state index is 13.6. The van der Waals surface area contributed by atoms with Crippen LogP contribution in [0.15, 0.2) is 52.5 Å². The first-order valence-electron chi connectivity index (χ1n) is 6.83. The Morgan fingerprint density at radius 3 is 2.45 bits per heavy atom. The molecule has 0 aromatic heterocycles. The van der Waals surface area contributed by atoms with Gasteiger partial charge in [-0.3, -0.25) is 0 Å². The van der Waals surface area contributed by atoms with Crippen LogP contribution < -0.4 is 0 Å². The second-order valence-corrected chi connectivity index (χ2v) is 6.57. The molecular formula is C16H19ClF2O2S. The van der Waals surface area contributed by atoms with Gasteiger partial charge in [-0.25, -0.2) is 4.21 Å². The summed E-state index contributed by atoms with van der Waals surface area (Å²) in [5, 5.41) is -3.70. The highest BCUT2D eigenvalue weighted by Crippen LogP contribution is 2.36. The monoisotopic (exact) mass is 348 g/mol. The molecule has 0 spiro atoms. The first-order chi connectivity index (χ1) is 10.3. The van der Waals surface area contributed by atoms with Crippen molar-refractivity contribution in [2.45, 2.75) is 37.0 Å². The zero-order chi connectivity index (χ0) is 16.8. The van der Waals surface area contributed by atoms with E-state index < -0.39 is 21.9 Å². The number of hydrogen-bond acceptors (Lipinski definition) is 2. The summed E-state index contributed by atoms with van der Waals surface area (Å²) >= 11 is 5.13. The molecule has 2 nitrogen and oxygen atoms in total. The molecule has 22 heavy (non-hydrogen) atoms. The lowest BCUT2D eigenvalue weighted by molar-refractivity contribution is 0.0508. The molecule has 0 heterocycles. The van der Waals surface area contributed by atoms with E-state index in [1.54, 1.807) is 37.3 Å². The quantitative estimate of drug-likeness (QED) is 0.369. The smallest absolute Gasteiger partial charge is 0.380 e. The summed E-state index contributed by atoms with van der Waals surface area (Å²) in [6, 6.07) is 6.85. The molecule has 1 unspecified atom stereocenters. The van der Waals surface area contributed by atoms with Gasteiger partial charge in [0, 0.05) is 4.90 Å². The van der Waals surface area contributed by atoms with Gasteiger partial charge in [0.25, 0.3) is 0 Å². The standard InChI is InChI=1S/C16H19ClF2O2S/c1-4-6-7-14(15(21-5-2)16(17,18)19)22(20)13-10-8-12(3)9-11-13/h4,8-11H,1,5-7H2,2-3H3/b15-14+. The molecule has 0 amide bonds. The van der Waals surface area contributed by atoms with Gasteiger partial charge in [0.15, 0.2) is 5.76 Å². The van der Waals surface area contributed by atoms with Crippen LogP contribution in [0.2, 0.25) is 0 Å². The molecule has 122 valence electrons. The summed E-state index contributed by atoms with van der Waals surface area (Å²) < 4.78 is 44.9. The van der Waals surface area contributed by atoms with Crippen LogP contribution in [0.4, 0.5) is 8.78 Å². The summed E-state index contributed by atoms with van der Waals surface area (Å²) in [6.07, 6.45) is 2.11. The highest BCUT2D eigenvalue weighted by Gasteiger charge is 2.37. The van der Waals surface area contributed by atoms with Crippen LogP contribution in [-0.2, 0) is 15.5 Å². The highest BCUT2D eigenvalue weighted by atomic mass is 35.5. The van der Waals surface area contributed by atoms with E-state index in [9.17, 15) is 13.0 Å². The number of rotatable bonds is 8. The molecule has 0 saturated carbocycles. The topological polar surface area (TPSA) is 26.3 Å². The lowest BCUT2D eigenvalue weighted by Crippen LogP contribution is -2.18. The first-order valence-corrected chi connectivity index (χ1v) is 8.36. The predicted octanol–water partition coefficient (Wildman–Crippen LogP) is 5.15. The van der Waals surface area contributed by atoms with E-state index in [0.29, 0.717) is 11.3 Å². The minimum atomic E-state index is -3.70. The summed E-state index contributed by atoms with van der Waals surface area (Å²) in [5.41, 5.74) is 0.991. The molecule has 1 aromatic rings. The van der Waals surface area contributed by atoms with Crippen molar-refractivity contribution in [3.8, 4) is 0 Å². The zero-order valence-electron chi connectivity index (χ0n) is 12.6. The Morgan fingerprint density at radius 2 is 2.00 bits per heavy atom. The fourth-order valence-electron chi connectivity index (χ4n) is 1.79. The van der Waals surface area contributed by atoms with Crippen LogP contribution in [-0.4, -0.2) is 16.2 Å². The fraction of sp³-hybridized carbons (Fsp3) is 0.375. The summed E-state index contributed by atoms with van der Waals surface area (Å²) in [6.45, 7) is 7.04. The van der Waals surface area contributed by atoms with Crippen molar-refractivity contribution in [2.75, 3.05) is 6.61 Å². The predicted molar refractivity (Wildman–Crippen MR) is 86.5 cm³/mol. The van der Waals surface area contributed by atoms with E-state index in [4.69, 9.17) is 16.3 Å². The minimum Gasteiger partial charge on any atom is -0.490 e. The summed E-state index contributed by atoms with van der Waals surface area (Å²) in [7, 11) is -1.77. The van der Waals surface area contributed by atoms with Gasteiger partial charge in [0.2, 0.25) is 0 Å². The zero-order valence-corrected chi connectivity index (χ0v) is 14.1. The van der Waals surface area contributed by atoms with Crippen molar-refractivity contribution in [1.29, 1.82) is 0 Å². The Hall–Kier alpha value is -1.20. The van der Waals surface area contributed by atoms with Gasteiger partial charge in [-0.1, -0.05) is 23.8 Å². The lowest BCUT2D eigenvalue weighted by atomic mass is 10.2. The van der Waals surface area contributed by atoms with Crippen molar-refractivity contribution in [3.63, 3.8) is 0 Å². The van der Waals surface area contributed by atoms with Crippen molar-refractivity contribution < 1.29 is 17.7 Å². The Kier molecular flexibility index (Phi) is 7.23. The van der Waals surface area contributed by atoms with Crippen LogP contribution >= 0.6 is 11.6 Å². The summed E-state index contributed by atoms with van der Waals surface area (Å²) in [5.74, 6) is -0.725. The van der Waals surface area contributed by atoms with Crippen molar-refractivity contribution in [1.82, 2.24) is 0 Å². The second-order valence-electron chi connectivity index (χ2n) is 4.59. The molecular weight excluding hydrogens is 330 g/mol. The van der Waals surface area contributed by atoms with Crippen molar-refractivity contribution in [3.05, 3.63) is 53.1 Å². The van der Waals surface area contributed by atoms with Crippen LogP contribution in [0, 0.1) is 6.92 Å². The molecule has 0 radical (unpaired) electrons. The molecule has 0 aliphatic heterocycles. The molecule has 1 aromatic carbocycles. The van der Waals surface area contributed by atoms with Gasteiger partial charge < -0.3 is 4.74 Å². The molecule has 0 saturated heterocycles. The minimum absolute atomic E-state index is 0.00870. The van der Waals surface area contributed by atoms with Gasteiger partial charge in [0.1, 0.15) is 0 Å². The third-order valence-electron chi connectivity index (χ3n) is 2.83. The normalized spacial score (nSPS) is 14.2. The van der Waals surface area contributed by atoms with Crippen LogP contribution in [0.1, 0.15) is 25.3 Å². The number of alkyl halides is 3. The lowest BCUT2D eigenvalue weighted by Gasteiger charge is -2.18. The number of allylic oxidation sites excluding steroid dienone is 3. The van der Waals surface area contributed by atoms with Gasteiger partial charge in [-0.2, -0.15) is 8.78 Å². The molecule has 6 heteroatoms. The molecule has 0 bridgehead atoms. The number of aryl methyl sites for hydroxylation is 1. The molecule has 1 rings (SSSR count). The first kappa shape index (κ1) is 18.8. The molecule has 0 aliphatic rings. The fourth-order valence-corrected chi connectivity index (χ4v) is 3.34. The van der Waals surface area contributed by atoms with E-state index in [-0.39, 0.29) is 17.9 Å². The van der Waals surface area contributed by atoms with E-state index >= 15 is 0 Å². The number of halogens is 3. The van der Waals surface area contributed by atoms with Gasteiger partial charge in [-0.05, 0) is 50.4 Å². The Labute approximate surface area is 137 Å².